The second-order valence-electron chi connectivity index (χ2n) is 5.28. The van der Waals surface area contributed by atoms with Crippen LogP contribution in [0.3, 0.4) is 0 Å². The smallest absolute Gasteiger partial charge is 0.245 e. The Kier molecular flexibility index (Phi) is 5.56. The van der Waals surface area contributed by atoms with Crippen LogP contribution < -0.4 is 0 Å². The first-order chi connectivity index (χ1) is 10.1. The van der Waals surface area contributed by atoms with Crippen LogP contribution in [0.25, 0.3) is 0 Å². The van der Waals surface area contributed by atoms with Gasteiger partial charge in [0.15, 0.2) is 0 Å². The number of sulfonamides is 1. The number of rotatable bonds is 7. The van der Waals surface area contributed by atoms with Crippen molar-refractivity contribution in [3.8, 4) is 0 Å². The fourth-order valence-corrected chi connectivity index (χ4v) is 3.69. The maximum Gasteiger partial charge on any atom is 0.245 e. The molecule has 0 aliphatic carbocycles. The molecule has 0 bridgehead atoms. The van der Waals surface area contributed by atoms with Crippen LogP contribution in [0.5, 0.6) is 0 Å². The molecule has 1 aromatic carbocycles. The van der Waals surface area contributed by atoms with E-state index in [0.717, 1.165) is 24.8 Å². The van der Waals surface area contributed by atoms with Crippen molar-refractivity contribution >= 4 is 10.0 Å². The van der Waals surface area contributed by atoms with E-state index < -0.39 is 16.3 Å². The Balaban J connectivity index is 2.06. The quantitative estimate of drug-likeness (QED) is 0.574. The van der Waals surface area contributed by atoms with E-state index in [1.807, 2.05) is 31.2 Å². The minimum Gasteiger partial charge on any atom is -0.358 e. The highest BCUT2D eigenvalue weighted by Gasteiger charge is 2.32. The van der Waals surface area contributed by atoms with Gasteiger partial charge in [-0.2, -0.15) is 4.31 Å². The van der Waals surface area contributed by atoms with Crippen molar-refractivity contribution in [2.45, 2.75) is 44.2 Å². The van der Waals surface area contributed by atoms with Crippen LogP contribution in [0.4, 0.5) is 0 Å². The molecule has 2 rings (SSSR count). The lowest BCUT2D eigenvalue weighted by Crippen LogP contribution is -2.37. The third kappa shape index (κ3) is 3.93. The Morgan fingerprint density at radius 2 is 1.95 bits per heavy atom. The van der Waals surface area contributed by atoms with Crippen molar-refractivity contribution in [1.82, 2.24) is 4.31 Å². The molecule has 0 saturated heterocycles. The van der Waals surface area contributed by atoms with Gasteiger partial charge in [0.2, 0.25) is 10.0 Å². The van der Waals surface area contributed by atoms with Crippen molar-refractivity contribution in [1.29, 1.82) is 0 Å². The van der Waals surface area contributed by atoms with Gasteiger partial charge in [-0.25, -0.2) is 8.42 Å². The Hall–Kier alpha value is -1.17. The van der Waals surface area contributed by atoms with Crippen molar-refractivity contribution in [3.63, 3.8) is 0 Å². The maximum absolute atomic E-state index is 12.7. The third-order valence-electron chi connectivity index (χ3n) is 3.53. The molecule has 0 fully saturated rings. The van der Waals surface area contributed by atoms with Gasteiger partial charge in [-0.05, 0) is 31.6 Å². The van der Waals surface area contributed by atoms with Gasteiger partial charge in [-0.1, -0.05) is 43.5 Å². The van der Waals surface area contributed by atoms with Gasteiger partial charge in [0.25, 0.3) is 0 Å². The summed E-state index contributed by atoms with van der Waals surface area (Å²) in [5, 5.41) is 0. The van der Waals surface area contributed by atoms with Crippen LogP contribution in [0.15, 0.2) is 41.3 Å². The summed E-state index contributed by atoms with van der Waals surface area (Å²) in [7, 11) is -3.50. The van der Waals surface area contributed by atoms with Gasteiger partial charge in [0.05, 0.1) is 4.90 Å². The molecule has 21 heavy (non-hydrogen) atoms. The van der Waals surface area contributed by atoms with Crippen LogP contribution in [-0.4, -0.2) is 32.1 Å². The second-order valence-corrected chi connectivity index (χ2v) is 7.17. The van der Waals surface area contributed by atoms with Gasteiger partial charge in [0, 0.05) is 13.2 Å². The fraction of sp³-hybridized carbons (Fsp3) is 0.500. The molecule has 0 amide bonds. The average molecular weight is 309 g/mol. The van der Waals surface area contributed by atoms with Gasteiger partial charge < -0.3 is 4.74 Å². The molecule has 1 aromatic rings. The minimum absolute atomic E-state index is 0.318. The average Bonchev–Trinajstić information content (AvgIpc) is 2.93. The maximum atomic E-state index is 12.7. The summed E-state index contributed by atoms with van der Waals surface area (Å²) in [6.07, 6.45) is 6.36. The highest BCUT2D eigenvalue weighted by molar-refractivity contribution is 7.89. The van der Waals surface area contributed by atoms with Crippen molar-refractivity contribution in [2.24, 2.45) is 0 Å². The monoisotopic (exact) mass is 309 g/mol. The standard InChI is InChI=1S/C16H23NO3S/c1-3-4-5-13-20-16-7-6-12-17(16)21(18,19)15-10-8-14(2)9-11-15/h6-11,16H,3-5,12-13H2,1-2H3/t16-/m0/s1. The fourth-order valence-electron chi connectivity index (χ4n) is 2.26. The number of hydrogen-bond acceptors (Lipinski definition) is 3. The zero-order valence-electron chi connectivity index (χ0n) is 12.7. The molecule has 0 aromatic heterocycles. The molecule has 1 aliphatic rings. The molecule has 1 heterocycles. The van der Waals surface area contributed by atoms with E-state index in [-0.39, 0.29) is 0 Å². The molecule has 1 aliphatic heterocycles. The van der Waals surface area contributed by atoms with Gasteiger partial charge in [0.1, 0.15) is 6.23 Å². The first kappa shape index (κ1) is 16.2. The number of nitrogens with zero attached hydrogens (tertiary/aromatic N) is 1. The molecule has 0 spiro atoms. The number of benzene rings is 1. The van der Waals surface area contributed by atoms with E-state index in [1.165, 1.54) is 4.31 Å². The predicted molar refractivity (Wildman–Crippen MR) is 83.5 cm³/mol. The van der Waals surface area contributed by atoms with E-state index in [2.05, 4.69) is 6.92 Å². The molecule has 0 N–H and O–H groups in total. The summed E-state index contributed by atoms with van der Waals surface area (Å²) in [5.41, 5.74) is 1.04. The Morgan fingerprint density at radius 1 is 1.24 bits per heavy atom. The Labute approximate surface area is 127 Å². The molecule has 1 atom stereocenters. The molecule has 0 radical (unpaired) electrons. The topological polar surface area (TPSA) is 46.6 Å². The highest BCUT2D eigenvalue weighted by Crippen LogP contribution is 2.23. The Bertz CT molecular complexity index is 578. The molecular formula is C16H23NO3S. The number of aryl methyl sites for hydroxylation is 1. The highest BCUT2D eigenvalue weighted by atomic mass is 32.2. The first-order valence-electron chi connectivity index (χ1n) is 7.42. The lowest BCUT2D eigenvalue weighted by molar-refractivity contribution is 0.0238. The number of hydrogen-bond donors (Lipinski definition) is 0. The summed E-state index contributed by atoms with van der Waals surface area (Å²) < 4.78 is 32.4. The summed E-state index contributed by atoms with van der Waals surface area (Å²) in [5.74, 6) is 0. The van der Waals surface area contributed by atoms with E-state index >= 15 is 0 Å². The van der Waals surface area contributed by atoms with E-state index in [1.54, 1.807) is 12.1 Å². The van der Waals surface area contributed by atoms with Gasteiger partial charge >= 0.3 is 0 Å². The van der Waals surface area contributed by atoms with Crippen LogP contribution in [0, 0.1) is 6.92 Å². The summed E-state index contributed by atoms with van der Waals surface area (Å²) >= 11 is 0. The largest absolute Gasteiger partial charge is 0.358 e. The van der Waals surface area contributed by atoms with E-state index in [4.69, 9.17) is 4.74 Å². The van der Waals surface area contributed by atoms with Crippen molar-refractivity contribution in [3.05, 3.63) is 42.0 Å². The van der Waals surface area contributed by atoms with E-state index in [9.17, 15) is 8.42 Å². The number of unbranched alkanes of at least 4 members (excludes halogenated alkanes) is 2. The summed E-state index contributed by atoms with van der Waals surface area (Å²) in [6, 6.07) is 6.93. The molecular weight excluding hydrogens is 286 g/mol. The zero-order valence-corrected chi connectivity index (χ0v) is 13.5. The normalized spacial score (nSPS) is 19.2. The van der Waals surface area contributed by atoms with Crippen molar-refractivity contribution in [2.75, 3.05) is 13.2 Å². The SMILES string of the molecule is CCCCCO[C@H]1C=CCN1S(=O)(=O)c1ccc(C)cc1. The van der Waals surface area contributed by atoms with Gasteiger partial charge in [-0.3, -0.25) is 0 Å². The van der Waals surface area contributed by atoms with Crippen LogP contribution in [0.1, 0.15) is 31.7 Å². The zero-order chi connectivity index (χ0) is 15.3. The van der Waals surface area contributed by atoms with Gasteiger partial charge in [-0.15, -0.1) is 0 Å². The molecule has 4 nitrogen and oxygen atoms in total. The number of ether oxygens (including phenoxy) is 1. The minimum atomic E-state index is -3.50. The van der Waals surface area contributed by atoms with Crippen LogP contribution in [-0.2, 0) is 14.8 Å². The lowest BCUT2D eigenvalue weighted by atomic mass is 10.2. The molecule has 116 valence electrons. The predicted octanol–water partition coefficient (Wildman–Crippen LogP) is 3.09. The summed E-state index contributed by atoms with van der Waals surface area (Å²) in [6.45, 7) is 5.02. The van der Waals surface area contributed by atoms with E-state index in [0.29, 0.717) is 18.0 Å². The summed E-state index contributed by atoms with van der Waals surface area (Å²) in [4.78, 5) is 0.318. The molecule has 0 saturated carbocycles. The van der Waals surface area contributed by atoms with Crippen LogP contribution >= 0.6 is 0 Å². The second kappa shape index (κ2) is 7.20. The lowest BCUT2D eigenvalue weighted by Gasteiger charge is -2.24. The van der Waals surface area contributed by atoms with Crippen LogP contribution in [0.2, 0.25) is 0 Å². The third-order valence-corrected chi connectivity index (χ3v) is 5.38. The first-order valence-corrected chi connectivity index (χ1v) is 8.86. The molecule has 5 heteroatoms. The Morgan fingerprint density at radius 3 is 2.62 bits per heavy atom. The molecule has 0 unspecified atom stereocenters. The van der Waals surface area contributed by atoms with Crippen molar-refractivity contribution < 1.29 is 13.2 Å².